The average molecular weight is 368 g/mol. The van der Waals surface area contributed by atoms with Crippen LogP contribution in [0.5, 0.6) is 0 Å². The van der Waals surface area contributed by atoms with Gasteiger partial charge in [0.05, 0.1) is 6.54 Å². The molecule has 1 amide bonds. The second-order valence-corrected chi connectivity index (χ2v) is 6.18. The van der Waals surface area contributed by atoms with Crippen molar-refractivity contribution in [1.29, 1.82) is 0 Å². The quantitative estimate of drug-likeness (QED) is 0.817. The average Bonchev–Trinajstić information content (AvgIpc) is 2.40. The molecule has 0 saturated carbocycles. The van der Waals surface area contributed by atoms with Gasteiger partial charge in [0, 0.05) is 20.9 Å². The molecule has 3 nitrogen and oxygen atoms in total. The minimum absolute atomic E-state index is 0.0981. The van der Waals surface area contributed by atoms with Crippen LogP contribution in [0.1, 0.15) is 11.1 Å². The number of carbonyl (C=O) groups is 1. The fourth-order valence-electron chi connectivity index (χ4n) is 2.10. The monoisotopic (exact) mass is 366 g/mol. The van der Waals surface area contributed by atoms with Crippen molar-refractivity contribution in [3.8, 4) is 0 Å². The Morgan fingerprint density at radius 1 is 1.14 bits per heavy atom. The molecule has 0 aromatic heterocycles. The Bertz CT molecular complexity index is 633. The minimum atomic E-state index is -0.0981. The van der Waals surface area contributed by atoms with Crippen LogP contribution in [0.25, 0.3) is 0 Å². The summed E-state index contributed by atoms with van der Waals surface area (Å²) < 4.78 is 1.04. The molecule has 0 aliphatic rings. The summed E-state index contributed by atoms with van der Waals surface area (Å²) in [4.78, 5) is 11.9. The number of carbonyl (C=O) groups excluding carboxylic acids is 1. The maximum absolute atomic E-state index is 11.9. The van der Waals surface area contributed by atoms with E-state index in [0.29, 0.717) is 5.02 Å². The summed E-state index contributed by atoms with van der Waals surface area (Å²) in [6.07, 6.45) is 0. The highest BCUT2D eigenvalue weighted by atomic mass is 79.9. The molecule has 2 rings (SSSR count). The minimum Gasteiger partial charge on any atom is -0.376 e. The van der Waals surface area contributed by atoms with Gasteiger partial charge in [-0.05, 0) is 61.4 Å². The third-order valence-electron chi connectivity index (χ3n) is 3.05. The van der Waals surface area contributed by atoms with Crippen molar-refractivity contribution in [3.05, 3.63) is 57.0 Å². The fraction of sp³-hybridized carbons (Fsp3) is 0.188. The Balaban J connectivity index is 1.97. The Hall–Kier alpha value is -1.52. The molecule has 2 aromatic rings. The van der Waals surface area contributed by atoms with Crippen LogP contribution in [-0.4, -0.2) is 12.5 Å². The van der Waals surface area contributed by atoms with Crippen LogP contribution in [0.3, 0.4) is 0 Å². The molecule has 0 radical (unpaired) electrons. The molecular formula is C16H16BrClN2O. The number of nitrogens with one attached hydrogen (secondary N) is 2. The van der Waals surface area contributed by atoms with Gasteiger partial charge in [-0.3, -0.25) is 4.79 Å². The van der Waals surface area contributed by atoms with E-state index in [1.54, 1.807) is 24.3 Å². The molecule has 2 aromatic carbocycles. The molecule has 110 valence electrons. The van der Waals surface area contributed by atoms with E-state index in [4.69, 9.17) is 11.6 Å². The van der Waals surface area contributed by atoms with Gasteiger partial charge in [-0.25, -0.2) is 0 Å². The molecular weight excluding hydrogens is 352 g/mol. The normalized spacial score (nSPS) is 10.3. The summed E-state index contributed by atoms with van der Waals surface area (Å²) in [5.74, 6) is -0.0981. The predicted molar refractivity (Wildman–Crippen MR) is 92.2 cm³/mol. The second kappa shape index (κ2) is 6.96. The second-order valence-electron chi connectivity index (χ2n) is 4.82. The third-order valence-corrected chi connectivity index (χ3v) is 3.76. The van der Waals surface area contributed by atoms with E-state index in [0.717, 1.165) is 27.0 Å². The Labute approximate surface area is 137 Å². The molecule has 0 spiro atoms. The maximum Gasteiger partial charge on any atom is 0.243 e. The molecule has 5 heteroatoms. The third kappa shape index (κ3) is 4.48. The molecule has 0 aliphatic heterocycles. The van der Waals surface area contributed by atoms with Gasteiger partial charge in [0.15, 0.2) is 0 Å². The summed E-state index contributed by atoms with van der Waals surface area (Å²) in [6, 6.07) is 11.1. The molecule has 0 saturated heterocycles. The van der Waals surface area contributed by atoms with Crippen molar-refractivity contribution in [2.24, 2.45) is 0 Å². The van der Waals surface area contributed by atoms with Crippen molar-refractivity contribution in [2.45, 2.75) is 13.8 Å². The number of aryl methyl sites for hydroxylation is 2. The van der Waals surface area contributed by atoms with Crippen LogP contribution in [0.2, 0.25) is 5.02 Å². The molecule has 0 atom stereocenters. The molecule has 0 unspecified atom stereocenters. The molecule has 0 fully saturated rings. The zero-order chi connectivity index (χ0) is 15.4. The summed E-state index contributed by atoms with van der Waals surface area (Å²) in [5, 5.41) is 6.65. The first-order chi connectivity index (χ1) is 9.95. The van der Waals surface area contributed by atoms with Crippen molar-refractivity contribution < 1.29 is 4.79 Å². The largest absolute Gasteiger partial charge is 0.376 e. The van der Waals surface area contributed by atoms with Crippen LogP contribution in [0.4, 0.5) is 11.4 Å². The molecule has 21 heavy (non-hydrogen) atoms. The predicted octanol–water partition coefficient (Wildman–Crippen LogP) is 4.77. The van der Waals surface area contributed by atoms with Crippen LogP contribution in [0, 0.1) is 13.8 Å². The lowest BCUT2D eigenvalue weighted by Crippen LogP contribution is -2.22. The van der Waals surface area contributed by atoms with Gasteiger partial charge >= 0.3 is 0 Å². The summed E-state index contributed by atoms with van der Waals surface area (Å²) in [6.45, 7) is 4.24. The Kier molecular flexibility index (Phi) is 5.26. The highest BCUT2D eigenvalue weighted by Gasteiger charge is 2.07. The van der Waals surface area contributed by atoms with Crippen LogP contribution >= 0.6 is 27.5 Å². The number of anilines is 2. The van der Waals surface area contributed by atoms with E-state index in [-0.39, 0.29) is 12.5 Å². The summed E-state index contributed by atoms with van der Waals surface area (Å²) in [5.41, 5.74) is 3.92. The fourth-order valence-corrected chi connectivity index (χ4v) is 2.91. The van der Waals surface area contributed by atoms with Gasteiger partial charge in [0.2, 0.25) is 5.91 Å². The number of amides is 1. The number of halogens is 2. The SMILES string of the molecule is Cc1cc(Br)cc(C)c1NCC(=O)Nc1ccc(Cl)cc1. The van der Waals surface area contributed by atoms with E-state index < -0.39 is 0 Å². The highest BCUT2D eigenvalue weighted by molar-refractivity contribution is 9.10. The van der Waals surface area contributed by atoms with Crippen LogP contribution in [-0.2, 0) is 4.79 Å². The van der Waals surface area contributed by atoms with Gasteiger partial charge in [-0.2, -0.15) is 0 Å². The smallest absolute Gasteiger partial charge is 0.243 e. The van der Waals surface area contributed by atoms with E-state index in [9.17, 15) is 4.79 Å². The van der Waals surface area contributed by atoms with Gasteiger partial charge in [-0.15, -0.1) is 0 Å². The van der Waals surface area contributed by atoms with E-state index in [1.807, 2.05) is 26.0 Å². The van der Waals surface area contributed by atoms with Crippen LogP contribution in [0.15, 0.2) is 40.9 Å². The molecule has 0 heterocycles. The van der Waals surface area contributed by atoms with Gasteiger partial charge in [-0.1, -0.05) is 27.5 Å². The zero-order valence-electron chi connectivity index (χ0n) is 11.8. The van der Waals surface area contributed by atoms with Crippen molar-refractivity contribution >= 4 is 44.8 Å². The van der Waals surface area contributed by atoms with E-state index in [1.165, 1.54) is 0 Å². The van der Waals surface area contributed by atoms with E-state index in [2.05, 4.69) is 26.6 Å². The molecule has 0 aliphatic carbocycles. The Morgan fingerprint density at radius 3 is 2.29 bits per heavy atom. The number of hydrogen-bond acceptors (Lipinski definition) is 2. The van der Waals surface area contributed by atoms with Crippen molar-refractivity contribution in [2.75, 3.05) is 17.2 Å². The zero-order valence-corrected chi connectivity index (χ0v) is 14.2. The van der Waals surface area contributed by atoms with Gasteiger partial charge in [0.25, 0.3) is 0 Å². The van der Waals surface area contributed by atoms with E-state index >= 15 is 0 Å². The first-order valence-electron chi connectivity index (χ1n) is 6.52. The topological polar surface area (TPSA) is 41.1 Å². The summed E-state index contributed by atoms with van der Waals surface area (Å²) >= 11 is 9.27. The number of benzene rings is 2. The first-order valence-corrected chi connectivity index (χ1v) is 7.69. The number of hydrogen-bond donors (Lipinski definition) is 2. The first kappa shape index (κ1) is 15.9. The number of rotatable bonds is 4. The summed E-state index contributed by atoms with van der Waals surface area (Å²) in [7, 11) is 0. The highest BCUT2D eigenvalue weighted by Crippen LogP contribution is 2.24. The van der Waals surface area contributed by atoms with Crippen molar-refractivity contribution in [1.82, 2.24) is 0 Å². The lowest BCUT2D eigenvalue weighted by molar-refractivity contribution is -0.114. The van der Waals surface area contributed by atoms with Gasteiger partial charge in [0.1, 0.15) is 0 Å². The standard InChI is InChI=1S/C16H16BrClN2O/c1-10-7-12(17)8-11(2)16(10)19-9-15(21)20-14-5-3-13(18)4-6-14/h3-8,19H,9H2,1-2H3,(H,20,21). The molecule has 2 N–H and O–H groups in total. The molecule has 0 bridgehead atoms. The lowest BCUT2D eigenvalue weighted by Gasteiger charge is -2.13. The van der Waals surface area contributed by atoms with Crippen LogP contribution < -0.4 is 10.6 Å². The van der Waals surface area contributed by atoms with Crippen molar-refractivity contribution in [3.63, 3.8) is 0 Å². The maximum atomic E-state index is 11.9. The Morgan fingerprint density at radius 2 is 1.71 bits per heavy atom. The lowest BCUT2D eigenvalue weighted by atomic mass is 10.1. The van der Waals surface area contributed by atoms with Gasteiger partial charge < -0.3 is 10.6 Å².